The number of aliphatic hydroxyl groups excluding tert-OH is 5. The first-order chi connectivity index (χ1) is 18.1. The van der Waals surface area contributed by atoms with Crippen LogP contribution in [0.15, 0.2) is 23.5 Å². The van der Waals surface area contributed by atoms with Crippen molar-refractivity contribution in [2.45, 2.75) is 76.7 Å². The molecule has 3 fully saturated rings. The molecule has 12 atom stereocenters. The van der Waals surface area contributed by atoms with Gasteiger partial charge in [0.25, 0.3) is 0 Å². The second-order valence-electron chi connectivity index (χ2n) is 10.6. The van der Waals surface area contributed by atoms with E-state index in [2.05, 4.69) is 0 Å². The third-order valence-corrected chi connectivity index (χ3v) is 8.44. The van der Waals surface area contributed by atoms with Crippen LogP contribution in [0, 0.1) is 29.6 Å². The van der Waals surface area contributed by atoms with E-state index >= 15 is 0 Å². The molecule has 0 aromatic carbocycles. The maximum absolute atomic E-state index is 13.3. The Hall–Kier alpha value is -2.06. The molecule has 1 unspecified atom stereocenters. The number of hydrogen-bond acceptors (Lipinski definition) is 12. The second kappa shape index (κ2) is 12.0. The van der Waals surface area contributed by atoms with Crippen molar-refractivity contribution in [2.24, 2.45) is 29.6 Å². The average Bonchev–Trinajstić information content (AvgIpc) is 3.20. The number of allylic oxidation sites excluding steroid dienone is 1. The summed E-state index contributed by atoms with van der Waals surface area (Å²) in [4.78, 5) is 26.3. The molecule has 12 nitrogen and oxygen atoms in total. The van der Waals surface area contributed by atoms with E-state index < -0.39 is 67.6 Å². The molecule has 0 aromatic rings. The molecule has 2 saturated heterocycles. The molecule has 38 heavy (non-hydrogen) atoms. The van der Waals surface area contributed by atoms with Crippen molar-refractivity contribution in [3.63, 3.8) is 0 Å². The highest BCUT2D eigenvalue weighted by Gasteiger charge is 2.49. The van der Waals surface area contributed by atoms with Crippen LogP contribution in [0.4, 0.5) is 0 Å². The molecule has 4 rings (SSSR count). The fourth-order valence-corrected chi connectivity index (χ4v) is 5.97. The maximum atomic E-state index is 13.3. The SMILES string of the molecule is C/C=C1/[C@H](O[C@@H]2O[C@H](CO)[C@@H](O)[C@H](O)[C@H]2O)OC=C2C(=O)O[C@@H]3C[C@@H](C(C)CO)[C@H](COC(=O)C[C@H]21)[C@H]3C. The molecular weight excluding hydrogens is 504 g/mol. The van der Waals surface area contributed by atoms with Gasteiger partial charge in [-0.3, -0.25) is 4.79 Å². The van der Waals surface area contributed by atoms with Gasteiger partial charge in [-0.15, -0.1) is 0 Å². The zero-order valence-electron chi connectivity index (χ0n) is 21.7. The van der Waals surface area contributed by atoms with E-state index in [4.69, 9.17) is 23.7 Å². The van der Waals surface area contributed by atoms with E-state index in [-0.39, 0.29) is 48.9 Å². The molecule has 0 spiro atoms. The summed E-state index contributed by atoms with van der Waals surface area (Å²) in [6.07, 6.45) is -6.07. The highest BCUT2D eigenvalue weighted by Crippen LogP contribution is 2.45. The van der Waals surface area contributed by atoms with Crippen LogP contribution in [0.3, 0.4) is 0 Å². The van der Waals surface area contributed by atoms with E-state index in [0.29, 0.717) is 12.0 Å². The Morgan fingerprint density at radius 1 is 1.16 bits per heavy atom. The van der Waals surface area contributed by atoms with Gasteiger partial charge in [-0.05, 0) is 31.1 Å². The standard InChI is InChI=1S/C26H38O12/c1-4-13-15-6-20(29)34-9-16-12(3)18(5-14(16)11(2)7-27)36-24(33)17(15)10-35-25(13)38-26-23(32)22(31)21(30)19(8-28)37-26/h4,10-12,14-16,18-19,21-23,25-28,30-32H,5-9H2,1-3H3/b13-4+/t11?,12-,14+,15+,16-,18-,19-,21-,22+,23-,25+,26+/m1/s1. The van der Waals surface area contributed by atoms with Crippen molar-refractivity contribution < 1.29 is 58.8 Å². The van der Waals surface area contributed by atoms with Crippen LogP contribution in [0.5, 0.6) is 0 Å². The minimum absolute atomic E-state index is 0.0230. The lowest BCUT2D eigenvalue weighted by Gasteiger charge is -2.42. The molecule has 1 saturated carbocycles. The van der Waals surface area contributed by atoms with Crippen molar-refractivity contribution in [3.05, 3.63) is 23.5 Å². The van der Waals surface area contributed by atoms with E-state index in [0.717, 1.165) is 6.26 Å². The van der Waals surface area contributed by atoms with Crippen molar-refractivity contribution in [1.82, 2.24) is 0 Å². The third kappa shape index (κ3) is 5.48. The summed E-state index contributed by atoms with van der Waals surface area (Å²) in [5.74, 6) is -2.17. The molecule has 3 aliphatic heterocycles. The van der Waals surface area contributed by atoms with Crippen molar-refractivity contribution in [2.75, 3.05) is 19.8 Å². The van der Waals surface area contributed by atoms with Gasteiger partial charge in [0.1, 0.15) is 30.5 Å². The number of cyclic esters (lactones) is 1. The van der Waals surface area contributed by atoms with E-state index in [9.17, 15) is 35.1 Å². The number of rotatable bonds is 5. The van der Waals surface area contributed by atoms with Crippen molar-refractivity contribution in [3.8, 4) is 0 Å². The first-order valence-corrected chi connectivity index (χ1v) is 13.1. The molecule has 2 bridgehead atoms. The molecule has 214 valence electrons. The van der Waals surface area contributed by atoms with Crippen LogP contribution in [0.25, 0.3) is 0 Å². The lowest BCUT2D eigenvalue weighted by atomic mass is 9.83. The Morgan fingerprint density at radius 2 is 1.89 bits per heavy atom. The first-order valence-electron chi connectivity index (χ1n) is 13.1. The van der Waals surface area contributed by atoms with Crippen LogP contribution in [0.2, 0.25) is 0 Å². The Balaban J connectivity index is 1.57. The van der Waals surface area contributed by atoms with Crippen LogP contribution >= 0.6 is 0 Å². The Kier molecular flexibility index (Phi) is 9.13. The van der Waals surface area contributed by atoms with Gasteiger partial charge in [0.15, 0.2) is 6.29 Å². The summed E-state index contributed by atoms with van der Waals surface area (Å²) < 4.78 is 28.4. The molecule has 12 heteroatoms. The molecule has 1 aliphatic carbocycles. The average molecular weight is 543 g/mol. The fraction of sp³-hybridized carbons (Fsp3) is 0.769. The molecule has 0 aromatic heterocycles. The monoisotopic (exact) mass is 542 g/mol. The topological polar surface area (TPSA) is 181 Å². The molecule has 5 N–H and O–H groups in total. The number of aliphatic hydroxyl groups is 5. The van der Waals surface area contributed by atoms with Crippen LogP contribution in [-0.2, 0) is 33.3 Å². The van der Waals surface area contributed by atoms with E-state index in [1.165, 1.54) is 0 Å². The second-order valence-corrected chi connectivity index (χ2v) is 10.6. The van der Waals surface area contributed by atoms with Crippen LogP contribution in [-0.4, -0.2) is 100 Å². The van der Waals surface area contributed by atoms with Crippen LogP contribution < -0.4 is 0 Å². The normalized spacial score (nSPS) is 43.7. The van der Waals surface area contributed by atoms with Crippen molar-refractivity contribution >= 4 is 11.9 Å². The van der Waals surface area contributed by atoms with Gasteiger partial charge in [-0.1, -0.05) is 19.9 Å². The minimum Gasteiger partial charge on any atom is -0.468 e. The summed E-state index contributed by atoms with van der Waals surface area (Å²) in [6, 6.07) is 0. The van der Waals surface area contributed by atoms with E-state index in [1.54, 1.807) is 13.0 Å². The van der Waals surface area contributed by atoms with Gasteiger partial charge >= 0.3 is 11.9 Å². The zero-order chi connectivity index (χ0) is 27.7. The highest BCUT2D eigenvalue weighted by atomic mass is 16.8. The van der Waals surface area contributed by atoms with Gasteiger partial charge in [0.2, 0.25) is 6.29 Å². The van der Waals surface area contributed by atoms with Gasteiger partial charge in [-0.2, -0.15) is 0 Å². The number of esters is 2. The summed E-state index contributed by atoms with van der Waals surface area (Å²) >= 11 is 0. The number of carbonyl (C=O) groups is 2. The molecular formula is C26H38O12. The smallest absolute Gasteiger partial charge is 0.338 e. The number of fused-ring (bicyclic) bond motifs is 3. The molecule has 3 heterocycles. The molecule has 0 amide bonds. The number of hydrogen-bond donors (Lipinski definition) is 5. The third-order valence-electron chi connectivity index (χ3n) is 8.44. The largest absolute Gasteiger partial charge is 0.468 e. The van der Waals surface area contributed by atoms with Gasteiger partial charge in [-0.25, -0.2) is 4.79 Å². The fourth-order valence-electron chi connectivity index (χ4n) is 5.97. The Bertz CT molecular complexity index is 931. The molecule has 0 radical (unpaired) electrons. The predicted octanol–water partition coefficient (Wildman–Crippen LogP) is -0.635. The van der Waals surface area contributed by atoms with E-state index in [1.807, 2.05) is 13.8 Å². The van der Waals surface area contributed by atoms with Gasteiger partial charge < -0.3 is 49.2 Å². The lowest BCUT2D eigenvalue weighted by Crippen LogP contribution is -2.60. The quantitative estimate of drug-likeness (QED) is 0.219. The summed E-state index contributed by atoms with van der Waals surface area (Å²) in [5, 5.41) is 49.7. The van der Waals surface area contributed by atoms with Gasteiger partial charge in [0, 0.05) is 24.0 Å². The Labute approximate surface area is 220 Å². The lowest BCUT2D eigenvalue weighted by molar-refractivity contribution is -0.327. The molecule has 4 aliphatic rings. The van der Waals surface area contributed by atoms with Crippen LogP contribution in [0.1, 0.15) is 33.6 Å². The highest BCUT2D eigenvalue weighted by molar-refractivity contribution is 5.91. The zero-order valence-corrected chi connectivity index (χ0v) is 21.7. The predicted molar refractivity (Wildman–Crippen MR) is 128 cm³/mol. The summed E-state index contributed by atoms with van der Waals surface area (Å²) in [6.45, 7) is 5.02. The number of carbonyl (C=O) groups excluding carboxylic acids is 2. The first kappa shape index (κ1) is 28.9. The Morgan fingerprint density at radius 3 is 2.55 bits per heavy atom. The maximum Gasteiger partial charge on any atom is 0.338 e. The van der Waals surface area contributed by atoms with Crippen molar-refractivity contribution in [1.29, 1.82) is 0 Å². The summed E-state index contributed by atoms with van der Waals surface area (Å²) in [5.41, 5.74) is 0.477. The minimum atomic E-state index is -1.66. The van der Waals surface area contributed by atoms with Gasteiger partial charge in [0.05, 0.1) is 31.5 Å². The number of ether oxygens (including phenoxy) is 5. The summed E-state index contributed by atoms with van der Waals surface area (Å²) in [7, 11) is 0.